The number of ketones is 3. The summed E-state index contributed by atoms with van der Waals surface area (Å²) in [6.45, 7) is 15.3. The summed E-state index contributed by atoms with van der Waals surface area (Å²) in [6.07, 6.45) is 5.89. The van der Waals surface area contributed by atoms with Gasteiger partial charge in [-0.05, 0) is 82.4 Å². The first-order chi connectivity index (χ1) is 18.1. The minimum absolute atomic E-state index is 0.0249. The van der Waals surface area contributed by atoms with Gasteiger partial charge in [0.15, 0.2) is 11.5 Å². The van der Waals surface area contributed by atoms with Gasteiger partial charge in [-0.2, -0.15) is 0 Å². The number of hydrogen-bond acceptors (Lipinski definition) is 8. The first-order valence-electron chi connectivity index (χ1n) is 14.1. The van der Waals surface area contributed by atoms with Gasteiger partial charge in [0.2, 0.25) is 5.78 Å². The molecule has 0 aliphatic heterocycles. The van der Waals surface area contributed by atoms with Crippen molar-refractivity contribution in [2.75, 3.05) is 0 Å². The fraction of sp³-hybridized carbons (Fsp3) is 0.688. The predicted octanol–water partition coefficient (Wildman–Crippen LogP) is 4.19. The SMILES string of the molecule is CC(=O)OC(C)(C)/C=C/C(=O)[C@](C)(O)[C@H]1[C@H](O)C[C@@]2(C)[C@@H]3CC=C4[C@H](C=C(O)C(=O)C4(C)C)[C@@]3(C)C(=O)C[C@@]12C. The molecule has 8 atom stereocenters. The lowest BCUT2D eigenvalue weighted by atomic mass is 9.39. The van der Waals surface area contributed by atoms with Crippen molar-refractivity contribution in [2.24, 2.45) is 39.4 Å². The monoisotopic (exact) mass is 556 g/mol. The first-order valence-corrected chi connectivity index (χ1v) is 14.1. The van der Waals surface area contributed by atoms with Gasteiger partial charge < -0.3 is 20.1 Å². The average molecular weight is 557 g/mol. The van der Waals surface area contributed by atoms with Crippen LogP contribution in [0.15, 0.2) is 35.6 Å². The molecule has 0 aromatic carbocycles. The highest BCUT2D eigenvalue weighted by atomic mass is 16.6. The highest BCUT2D eigenvalue weighted by Gasteiger charge is 2.74. The van der Waals surface area contributed by atoms with Crippen molar-refractivity contribution < 1.29 is 39.2 Å². The molecule has 0 amide bonds. The third kappa shape index (κ3) is 4.00. The normalized spacial score (nSPS) is 40.4. The van der Waals surface area contributed by atoms with E-state index in [4.69, 9.17) is 4.74 Å². The minimum Gasteiger partial charge on any atom is -0.505 e. The number of fused-ring (bicyclic) bond motifs is 5. The second-order valence-corrected chi connectivity index (χ2v) is 14.4. The Balaban J connectivity index is 1.76. The van der Waals surface area contributed by atoms with Crippen LogP contribution in [0.1, 0.15) is 81.6 Å². The van der Waals surface area contributed by atoms with Crippen LogP contribution in [0.25, 0.3) is 0 Å². The molecule has 3 N–H and O–H groups in total. The molecule has 220 valence electrons. The van der Waals surface area contributed by atoms with E-state index < -0.39 is 62.6 Å². The van der Waals surface area contributed by atoms with E-state index in [-0.39, 0.29) is 36.1 Å². The van der Waals surface area contributed by atoms with Crippen molar-refractivity contribution in [1.29, 1.82) is 0 Å². The molecule has 2 fully saturated rings. The van der Waals surface area contributed by atoms with Gasteiger partial charge in [-0.25, -0.2) is 0 Å². The Morgan fingerprint density at radius 3 is 2.25 bits per heavy atom. The zero-order valence-corrected chi connectivity index (χ0v) is 25.1. The molecule has 0 heterocycles. The summed E-state index contributed by atoms with van der Waals surface area (Å²) < 4.78 is 5.22. The number of ether oxygens (including phenoxy) is 1. The maximum absolute atomic E-state index is 14.3. The van der Waals surface area contributed by atoms with Crippen LogP contribution in [-0.2, 0) is 23.9 Å². The Bertz CT molecular complexity index is 1270. The highest BCUT2D eigenvalue weighted by Crippen LogP contribution is 2.73. The van der Waals surface area contributed by atoms with Gasteiger partial charge in [0.25, 0.3) is 0 Å². The molecule has 4 rings (SSSR count). The fourth-order valence-corrected chi connectivity index (χ4v) is 8.98. The Labute approximate surface area is 236 Å². The van der Waals surface area contributed by atoms with Gasteiger partial charge >= 0.3 is 5.97 Å². The number of aliphatic hydroxyl groups is 3. The largest absolute Gasteiger partial charge is 0.505 e. The average Bonchev–Trinajstić information content (AvgIpc) is 3.01. The summed E-state index contributed by atoms with van der Waals surface area (Å²) in [7, 11) is 0. The second-order valence-electron chi connectivity index (χ2n) is 14.4. The van der Waals surface area contributed by atoms with E-state index in [0.29, 0.717) is 6.42 Å². The lowest BCUT2D eigenvalue weighted by Gasteiger charge is -2.63. The van der Waals surface area contributed by atoms with E-state index in [0.717, 1.165) is 5.57 Å². The Morgan fingerprint density at radius 1 is 1.07 bits per heavy atom. The molecule has 40 heavy (non-hydrogen) atoms. The standard InChI is InChI=1S/C32H44O8/c1-17(33)40-27(2,3)13-12-23(36)32(9,39)25-21(35)15-29(6)22-11-10-18-19(14-20(34)26(38)28(18,4)5)31(22,8)24(37)16-30(25,29)7/h10,12-14,19,21-22,25,34-35,39H,11,15-16H2,1-9H3/b13-12+/t19-,21+,22-,25-,29-,30-,31+,32-/m0/s1. The van der Waals surface area contributed by atoms with Crippen LogP contribution < -0.4 is 0 Å². The zero-order chi connectivity index (χ0) is 30.4. The van der Waals surface area contributed by atoms with Crippen molar-refractivity contribution in [2.45, 2.75) is 98.9 Å². The van der Waals surface area contributed by atoms with Crippen LogP contribution in [-0.4, -0.2) is 55.9 Å². The summed E-state index contributed by atoms with van der Waals surface area (Å²) >= 11 is 0. The van der Waals surface area contributed by atoms with E-state index in [2.05, 4.69) is 0 Å². The van der Waals surface area contributed by atoms with Crippen LogP contribution in [0.4, 0.5) is 0 Å². The third-order valence-electron chi connectivity index (χ3n) is 11.2. The lowest BCUT2D eigenvalue weighted by molar-refractivity contribution is -0.179. The highest BCUT2D eigenvalue weighted by molar-refractivity contribution is 6.02. The van der Waals surface area contributed by atoms with E-state index in [9.17, 15) is 34.5 Å². The molecule has 8 nitrogen and oxygen atoms in total. The summed E-state index contributed by atoms with van der Waals surface area (Å²) in [5.74, 6) is -3.61. The van der Waals surface area contributed by atoms with Crippen LogP contribution in [0.2, 0.25) is 0 Å². The molecule has 8 heteroatoms. The van der Waals surface area contributed by atoms with E-state index in [1.807, 2.05) is 26.8 Å². The first kappa shape index (κ1) is 30.4. The van der Waals surface area contributed by atoms with E-state index in [1.54, 1.807) is 27.7 Å². The molecule has 0 aromatic rings. The maximum Gasteiger partial charge on any atom is 0.303 e. The maximum atomic E-state index is 14.3. The van der Waals surface area contributed by atoms with Gasteiger partial charge in [-0.15, -0.1) is 0 Å². The van der Waals surface area contributed by atoms with Gasteiger partial charge in [0.05, 0.1) is 11.5 Å². The van der Waals surface area contributed by atoms with Crippen LogP contribution in [0.5, 0.6) is 0 Å². The number of esters is 1. The molecule has 2 saturated carbocycles. The number of aliphatic hydroxyl groups excluding tert-OH is 2. The summed E-state index contributed by atoms with van der Waals surface area (Å²) in [5, 5.41) is 33.8. The van der Waals surface area contributed by atoms with E-state index >= 15 is 0 Å². The number of hydrogen-bond donors (Lipinski definition) is 3. The quantitative estimate of drug-likeness (QED) is 0.260. The van der Waals surface area contributed by atoms with Crippen molar-refractivity contribution in [3.63, 3.8) is 0 Å². The predicted molar refractivity (Wildman–Crippen MR) is 148 cm³/mol. The van der Waals surface area contributed by atoms with Crippen molar-refractivity contribution >= 4 is 23.3 Å². The molecule has 0 radical (unpaired) electrons. The molecule has 0 aromatic heterocycles. The number of rotatable bonds is 5. The molecule has 4 aliphatic carbocycles. The van der Waals surface area contributed by atoms with Gasteiger partial charge in [-0.3, -0.25) is 19.2 Å². The minimum atomic E-state index is -2.00. The van der Waals surface area contributed by atoms with Crippen molar-refractivity contribution in [3.8, 4) is 0 Å². The van der Waals surface area contributed by atoms with Crippen LogP contribution in [0, 0.1) is 39.4 Å². The fourth-order valence-electron chi connectivity index (χ4n) is 8.98. The van der Waals surface area contributed by atoms with Gasteiger partial charge in [-0.1, -0.05) is 32.4 Å². The van der Waals surface area contributed by atoms with Crippen molar-refractivity contribution in [3.05, 3.63) is 35.6 Å². The Kier molecular flexibility index (Phi) is 6.80. The molecule has 0 bridgehead atoms. The number of carbonyl (C=O) groups excluding carboxylic acids is 4. The summed E-state index contributed by atoms with van der Waals surface area (Å²) in [6, 6.07) is 0. The van der Waals surface area contributed by atoms with E-state index in [1.165, 1.54) is 32.1 Å². The zero-order valence-electron chi connectivity index (χ0n) is 25.1. The molecular weight excluding hydrogens is 512 g/mol. The number of Topliss-reactive ketones (excluding diaryl/α,β-unsaturated/α-hetero) is 2. The topological polar surface area (TPSA) is 138 Å². The smallest absolute Gasteiger partial charge is 0.303 e. The molecule has 4 aliphatic rings. The summed E-state index contributed by atoms with van der Waals surface area (Å²) in [5.41, 5.74) is -5.72. The van der Waals surface area contributed by atoms with Crippen LogP contribution >= 0.6 is 0 Å². The Morgan fingerprint density at radius 2 is 1.68 bits per heavy atom. The van der Waals surface area contributed by atoms with Crippen LogP contribution in [0.3, 0.4) is 0 Å². The van der Waals surface area contributed by atoms with Gasteiger partial charge in [0.1, 0.15) is 17.0 Å². The number of carbonyl (C=O) groups is 4. The molecule has 0 spiro atoms. The lowest BCUT2D eigenvalue weighted by Crippen LogP contribution is -2.64. The Hall–Kier alpha value is -2.58. The molecule has 0 unspecified atom stereocenters. The van der Waals surface area contributed by atoms with Gasteiger partial charge in [0, 0.05) is 30.6 Å². The third-order valence-corrected chi connectivity index (χ3v) is 11.2. The molecule has 0 saturated heterocycles. The summed E-state index contributed by atoms with van der Waals surface area (Å²) in [4.78, 5) is 52.0. The van der Waals surface area contributed by atoms with Crippen molar-refractivity contribution in [1.82, 2.24) is 0 Å². The molecular formula is C32H44O8. The number of allylic oxidation sites excluding steroid dienone is 4. The second kappa shape index (κ2) is 8.96.